The number of carbonyl (C=O) groups is 2. The third kappa shape index (κ3) is 5.10. The van der Waals surface area contributed by atoms with E-state index in [4.69, 9.17) is 4.42 Å². The van der Waals surface area contributed by atoms with Crippen molar-refractivity contribution in [2.45, 2.75) is 6.18 Å². The molecule has 37 heavy (non-hydrogen) atoms. The number of amides is 2. The van der Waals surface area contributed by atoms with E-state index in [2.05, 4.69) is 15.4 Å². The molecule has 0 radical (unpaired) electrons. The van der Waals surface area contributed by atoms with E-state index in [-0.39, 0.29) is 30.0 Å². The van der Waals surface area contributed by atoms with Gasteiger partial charge in [0.15, 0.2) is 5.76 Å². The lowest BCUT2D eigenvalue weighted by Crippen LogP contribution is -2.37. The van der Waals surface area contributed by atoms with Gasteiger partial charge in [-0.15, -0.1) is 0 Å². The van der Waals surface area contributed by atoms with Crippen LogP contribution in [0.15, 0.2) is 70.4 Å². The number of nitrogens with one attached hydrogen (secondary N) is 1. The van der Waals surface area contributed by atoms with E-state index < -0.39 is 11.7 Å². The van der Waals surface area contributed by atoms with Gasteiger partial charge < -0.3 is 14.3 Å². The number of halogens is 3. The summed E-state index contributed by atoms with van der Waals surface area (Å²) in [7, 11) is 1.75. The second-order valence-electron chi connectivity index (χ2n) is 8.23. The lowest BCUT2D eigenvalue weighted by Gasteiger charge is -2.23. The van der Waals surface area contributed by atoms with Gasteiger partial charge in [-0.25, -0.2) is 9.99 Å². The minimum absolute atomic E-state index is 0.174. The van der Waals surface area contributed by atoms with E-state index in [0.717, 1.165) is 35.0 Å². The van der Waals surface area contributed by atoms with Crippen LogP contribution >= 0.6 is 11.8 Å². The van der Waals surface area contributed by atoms with Gasteiger partial charge in [-0.2, -0.15) is 18.3 Å². The highest BCUT2D eigenvalue weighted by molar-refractivity contribution is 8.14. The van der Waals surface area contributed by atoms with Gasteiger partial charge in [0, 0.05) is 30.5 Å². The smallest absolute Gasteiger partial charge is 0.416 e. The Morgan fingerprint density at radius 1 is 1.14 bits per heavy atom. The molecule has 1 aliphatic rings. The first-order valence-electron chi connectivity index (χ1n) is 11.2. The Morgan fingerprint density at radius 2 is 1.97 bits per heavy atom. The fourth-order valence-electron chi connectivity index (χ4n) is 3.94. The summed E-state index contributed by atoms with van der Waals surface area (Å²) in [6.07, 6.45) is -3.05. The molecule has 0 atom stereocenters. The molecule has 0 saturated carbocycles. The van der Waals surface area contributed by atoms with Crippen LogP contribution in [-0.4, -0.2) is 50.3 Å². The third-order valence-electron chi connectivity index (χ3n) is 5.80. The summed E-state index contributed by atoms with van der Waals surface area (Å²) in [6, 6.07) is 13.7. The zero-order chi connectivity index (χ0) is 26.2. The number of hydrogen-bond acceptors (Lipinski definition) is 6. The van der Waals surface area contributed by atoms with E-state index >= 15 is 0 Å². The van der Waals surface area contributed by atoms with Crippen molar-refractivity contribution in [2.24, 2.45) is 12.1 Å². The zero-order valence-electron chi connectivity index (χ0n) is 19.5. The topological polar surface area (TPSA) is 92.7 Å². The number of aryl methyl sites for hydroxylation is 1. The Labute approximate surface area is 213 Å². The van der Waals surface area contributed by atoms with Crippen LogP contribution in [0.4, 0.5) is 18.0 Å². The fraction of sp³-hybridized carbons (Fsp3) is 0.200. The van der Waals surface area contributed by atoms with Crippen LogP contribution in [0.5, 0.6) is 0 Å². The summed E-state index contributed by atoms with van der Waals surface area (Å²) < 4.78 is 46.4. The minimum Gasteiger partial charge on any atom is -0.459 e. The van der Waals surface area contributed by atoms with E-state index in [1.54, 1.807) is 35.9 Å². The average molecular weight is 528 g/mol. The number of hydrazone groups is 1. The van der Waals surface area contributed by atoms with Crippen molar-refractivity contribution in [3.05, 3.63) is 77.7 Å². The molecule has 1 aliphatic heterocycles. The SMILES string of the molecule is Cn1c(-c2cccc(C(F)(F)F)c2)nc2cc(C3=NN(CCNC(=O)c4ccco4)C(=O)SC3)ccc21. The second kappa shape index (κ2) is 9.77. The van der Waals surface area contributed by atoms with Crippen LogP contribution in [0, 0.1) is 0 Å². The molecule has 0 spiro atoms. The lowest BCUT2D eigenvalue weighted by atomic mass is 10.1. The number of fused-ring (bicyclic) bond motifs is 1. The summed E-state index contributed by atoms with van der Waals surface area (Å²) in [5, 5.41) is 8.21. The van der Waals surface area contributed by atoms with Crippen molar-refractivity contribution in [3.8, 4) is 11.4 Å². The van der Waals surface area contributed by atoms with Crippen molar-refractivity contribution >= 4 is 39.7 Å². The highest BCUT2D eigenvalue weighted by Gasteiger charge is 2.31. The van der Waals surface area contributed by atoms with Gasteiger partial charge in [-0.1, -0.05) is 30.0 Å². The molecule has 0 aliphatic carbocycles. The number of aromatic nitrogens is 2. The predicted octanol–water partition coefficient (Wildman–Crippen LogP) is 5.16. The molecule has 0 saturated heterocycles. The molecule has 2 amide bonds. The Hall–Kier alpha value is -4.06. The summed E-state index contributed by atoms with van der Waals surface area (Å²) in [6.45, 7) is 0.357. The molecule has 4 aromatic rings. The van der Waals surface area contributed by atoms with Crippen LogP contribution in [0.2, 0.25) is 0 Å². The molecule has 1 N–H and O–H groups in total. The maximum absolute atomic E-state index is 13.2. The van der Waals surface area contributed by atoms with Crippen LogP contribution in [0.3, 0.4) is 0 Å². The van der Waals surface area contributed by atoms with Gasteiger partial charge in [0.2, 0.25) is 0 Å². The van der Waals surface area contributed by atoms with Gasteiger partial charge in [-0.3, -0.25) is 9.59 Å². The third-order valence-corrected chi connectivity index (χ3v) is 6.68. The first-order valence-corrected chi connectivity index (χ1v) is 12.2. The zero-order valence-corrected chi connectivity index (χ0v) is 20.3. The summed E-state index contributed by atoms with van der Waals surface area (Å²) in [4.78, 5) is 29.0. The highest BCUT2D eigenvalue weighted by atomic mass is 32.2. The van der Waals surface area contributed by atoms with E-state index in [9.17, 15) is 22.8 Å². The normalized spacial score (nSPS) is 14.2. The maximum Gasteiger partial charge on any atom is 0.416 e. The molecule has 2 aromatic heterocycles. The molecular weight excluding hydrogens is 507 g/mol. The Balaban J connectivity index is 1.37. The number of rotatable bonds is 6. The molecule has 8 nitrogen and oxygen atoms in total. The van der Waals surface area contributed by atoms with Crippen LogP contribution in [0.1, 0.15) is 21.7 Å². The standard InChI is InChI=1S/C25H20F3N5O3S/c1-32-20-8-7-15(13-18(20)30-22(32)16-4-2-5-17(12-16)25(26,27)28)19-14-37-24(35)33(31-19)10-9-29-23(34)21-6-3-11-36-21/h2-8,11-13H,9-10,14H2,1H3,(H,29,34). The number of imidazole rings is 1. The number of carbonyl (C=O) groups excluding carboxylic acids is 2. The van der Waals surface area contributed by atoms with E-state index in [1.165, 1.54) is 17.3 Å². The summed E-state index contributed by atoms with van der Waals surface area (Å²) >= 11 is 1.09. The van der Waals surface area contributed by atoms with E-state index in [1.807, 2.05) is 12.1 Å². The molecular formula is C25H20F3N5O3S. The Kier molecular flexibility index (Phi) is 6.50. The van der Waals surface area contributed by atoms with Crippen molar-refractivity contribution in [1.29, 1.82) is 0 Å². The first kappa shape index (κ1) is 24.6. The van der Waals surface area contributed by atoms with Crippen molar-refractivity contribution < 1.29 is 27.2 Å². The fourth-order valence-corrected chi connectivity index (χ4v) is 4.71. The number of furan rings is 1. The van der Waals surface area contributed by atoms with Crippen molar-refractivity contribution in [3.63, 3.8) is 0 Å². The first-order chi connectivity index (χ1) is 17.7. The monoisotopic (exact) mass is 527 g/mol. The molecule has 2 aromatic carbocycles. The summed E-state index contributed by atoms with van der Waals surface area (Å²) in [5.41, 5.74) is 2.34. The quantitative estimate of drug-likeness (QED) is 0.374. The molecule has 190 valence electrons. The van der Waals surface area contributed by atoms with Crippen LogP contribution in [0.25, 0.3) is 22.4 Å². The van der Waals surface area contributed by atoms with E-state index in [0.29, 0.717) is 28.4 Å². The average Bonchev–Trinajstić information content (AvgIpc) is 3.53. The molecule has 3 heterocycles. The van der Waals surface area contributed by atoms with Crippen LogP contribution in [-0.2, 0) is 13.2 Å². The maximum atomic E-state index is 13.2. The van der Waals surface area contributed by atoms with Gasteiger partial charge >= 0.3 is 11.4 Å². The molecule has 5 rings (SSSR count). The van der Waals surface area contributed by atoms with Gasteiger partial charge in [-0.05, 0) is 36.4 Å². The largest absolute Gasteiger partial charge is 0.459 e. The Morgan fingerprint density at radius 3 is 2.73 bits per heavy atom. The van der Waals surface area contributed by atoms with Crippen molar-refractivity contribution in [2.75, 3.05) is 18.8 Å². The predicted molar refractivity (Wildman–Crippen MR) is 133 cm³/mol. The molecule has 0 fully saturated rings. The lowest BCUT2D eigenvalue weighted by molar-refractivity contribution is -0.137. The minimum atomic E-state index is -4.45. The molecule has 0 bridgehead atoms. The van der Waals surface area contributed by atoms with Gasteiger partial charge in [0.1, 0.15) is 5.82 Å². The highest BCUT2D eigenvalue weighted by Crippen LogP contribution is 2.33. The van der Waals surface area contributed by atoms with Crippen LogP contribution < -0.4 is 5.32 Å². The molecule has 12 heteroatoms. The number of thioether (sulfide) groups is 1. The summed E-state index contributed by atoms with van der Waals surface area (Å²) in [5.74, 6) is 0.551. The number of alkyl halides is 3. The number of benzene rings is 2. The van der Waals surface area contributed by atoms with Gasteiger partial charge in [0.25, 0.3) is 5.91 Å². The number of hydrogen-bond donors (Lipinski definition) is 1. The number of nitrogens with zero attached hydrogens (tertiary/aromatic N) is 4. The second-order valence-corrected chi connectivity index (χ2v) is 9.16. The van der Waals surface area contributed by atoms with Gasteiger partial charge in [0.05, 0.1) is 35.1 Å². The van der Waals surface area contributed by atoms with Crippen molar-refractivity contribution in [1.82, 2.24) is 19.9 Å². The Bertz CT molecular complexity index is 1510. The molecule has 0 unspecified atom stereocenters.